The number of carboxylic acid groups (broad SMARTS) is 1. The van der Waals surface area contributed by atoms with Crippen molar-refractivity contribution in [1.82, 2.24) is 0 Å². The summed E-state index contributed by atoms with van der Waals surface area (Å²) in [5, 5.41) is 8.83. The molecule has 2 rings (SSSR count). The van der Waals surface area contributed by atoms with Crippen LogP contribution in [0.1, 0.15) is 25.7 Å². The Balaban J connectivity index is 2.15. The number of aryl methyl sites for hydroxylation is 1. The fraction of sp³-hybridized carbons (Fsp3) is 0.214. The lowest BCUT2D eigenvalue weighted by atomic mass is 10.1. The predicted molar refractivity (Wildman–Crippen MR) is 78.8 cm³/mol. The molecule has 4 nitrogen and oxygen atoms in total. The second-order valence-corrected chi connectivity index (χ2v) is 7.76. The molecule has 0 atom stereocenters. The Morgan fingerprint density at radius 2 is 1.85 bits per heavy atom. The third-order valence-corrected chi connectivity index (χ3v) is 5.63. The minimum Gasteiger partial charge on any atom is -0.477 e. The number of sulfone groups is 1. The van der Waals surface area contributed by atoms with Crippen LogP contribution in [0.3, 0.4) is 0 Å². The Kier molecular flexibility index (Phi) is 4.25. The predicted octanol–water partition coefficient (Wildman–Crippen LogP) is 2.87. The lowest BCUT2D eigenvalue weighted by Crippen LogP contribution is -2.07. The van der Waals surface area contributed by atoms with E-state index in [1.54, 1.807) is 12.1 Å². The summed E-state index contributed by atoms with van der Waals surface area (Å²) < 4.78 is 24.3. The van der Waals surface area contributed by atoms with Gasteiger partial charge in [0.15, 0.2) is 9.84 Å². The summed E-state index contributed by atoms with van der Waals surface area (Å²) in [6.07, 6.45) is 0. The molecule has 0 spiro atoms. The number of hydrogen-bond acceptors (Lipinski definition) is 4. The first kappa shape index (κ1) is 14.7. The SMILES string of the molecule is Cc1ccccc1CS(=O)(=O)Cc1ccc(C(=O)O)s1. The Hall–Kier alpha value is -1.66. The van der Waals surface area contributed by atoms with Crippen LogP contribution in [0.15, 0.2) is 36.4 Å². The van der Waals surface area contributed by atoms with Gasteiger partial charge in [0.25, 0.3) is 0 Å². The molecule has 0 saturated carbocycles. The molecule has 6 heteroatoms. The summed E-state index contributed by atoms with van der Waals surface area (Å²) in [4.78, 5) is 11.5. The van der Waals surface area contributed by atoms with Crippen molar-refractivity contribution in [3.63, 3.8) is 0 Å². The summed E-state index contributed by atoms with van der Waals surface area (Å²) in [6, 6.07) is 10.3. The maximum Gasteiger partial charge on any atom is 0.345 e. The van der Waals surface area contributed by atoms with E-state index in [4.69, 9.17) is 5.11 Å². The molecule has 0 fully saturated rings. The van der Waals surface area contributed by atoms with Gasteiger partial charge in [0.2, 0.25) is 0 Å². The lowest BCUT2D eigenvalue weighted by Gasteiger charge is -2.06. The highest BCUT2D eigenvalue weighted by Crippen LogP contribution is 2.21. The molecular weight excluding hydrogens is 296 g/mol. The van der Waals surface area contributed by atoms with Crippen molar-refractivity contribution in [3.05, 3.63) is 57.3 Å². The summed E-state index contributed by atoms with van der Waals surface area (Å²) in [5.41, 5.74) is 1.72. The van der Waals surface area contributed by atoms with Gasteiger partial charge in [-0.25, -0.2) is 13.2 Å². The molecule has 0 saturated heterocycles. The highest BCUT2D eigenvalue weighted by atomic mass is 32.2. The summed E-state index contributed by atoms with van der Waals surface area (Å²) in [5.74, 6) is -1.18. The van der Waals surface area contributed by atoms with E-state index >= 15 is 0 Å². The van der Waals surface area contributed by atoms with Gasteiger partial charge in [0.05, 0.1) is 11.5 Å². The number of carboxylic acids is 1. The third-order valence-electron chi connectivity index (χ3n) is 2.87. The molecule has 1 heterocycles. The summed E-state index contributed by atoms with van der Waals surface area (Å²) >= 11 is 1.00. The van der Waals surface area contributed by atoms with Crippen molar-refractivity contribution in [2.75, 3.05) is 0 Å². The van der Waals surface area contributed by atoms with E-state index in [0.717, 1.165) is 22.5 Å². The maximum atomic E-state index is 12.2. The molecular formula is C14H14O4S2. The van der Waals surface area contributed by atoms with Gasteiger partial charge >= 0.3 is 5.97 Å². The van der Waals surface area contributed by atoms with Crippen LogP contribution in [0.4, 0.5) is 0 Å². The van der Waals surface area contributed by atoms with Gasteiger partial charge in [-0.2, -0.15) is 0 Å². The average Bonchev–Trinajstić information content (AvgIpc) is 2.79. The number of hydrogen-bond donors (Lipinski definition) is 1. The van der Waals surface area contributed by atoms with Gasteiger partial charge in [0, 0.05) is 4.88 Å². The molecule has 0 aliphatic carbocycles. The zero-order valence-electron chi connectivity index (χ0n) is 10.9. The second-order valence-electron chi connectivity index (χ2n) is 4.53. The highest BCUT2D eigenvalue weighted by Gasteiger charge is 2.17. The van der Waals surface area contributed by atoms with Crippen LogP contribution in [-0.4, -0.2) is 19.5 Å². The van der Waals surface area contributed by atoms with E-state index in [1.807, 2.05) is 25.1 Å². The van der Waals surface area contributed by atoms with Gasteiger partial charge in [-0.05, 0) is 30.2 Å². The van der Waals surface area contributed by atoms with Crippen LogP contribution in [0.2, 0.25) is 0 Å². The number of aromatic carboxylic acids is 1. The zero-order chi connectivity index (χ0) is 14.8. The molecule has 1 N–H and O–H groups in total. The number of benzene rings is 1. The zero-order valence-corrected chi connectivity index (χ0v) is 12.5. The number of rotatable bonds is 5. The van der Waals surface area contributed by atoms with E-state index in [-0.39, 0.29) is 16.4 Å². The lowest BCUT2D eigenvalue weighted by molar-refractivity contribution is 0.0702. The Morgan fingerprint density at radius 1 is 1.15 bits per heavy atom. The number of thiophene rings is 1. The standard InChI is InChI=1S/C14H14O4S2/c1-10-4-2-3-5-11(10)8-20(17,18)9-12-6-7-13(19-12)14(15)16/h2-7H,8-9H2,1H3,(H,15,16). The van der Waals surface area contributed by atoms with E-state index in [2.05, 4.69) is 0 Å². The summed E-state index contributed by atoms with van der Waals surface area (Å²) in [6.45, 7) is 1.87. The van der Waals surface area contributed by atoms with Crippen molar-refractivity contribution < 1.29 is 18.3 Å². The van der Waals surface area contributed by atoms with Crippen molar-refractivity contribution in [2.24, 2.45) is 0 Å². The Morgan fingerprint density at radius 3 is 2.45 bits per heavy atom. The first-order valence-electron chi connectivity index (χ1n) is 5.94. The van der Waals surface area contributed by atoms with Gasteiger partial charge in [-0.1, -0.05) is 24.3 Å². The molecule has 20 heavy (non-hydrogen) atoms. The molecule has 106 valence electrons. The van der Waals surface area contributed by atoms with Crippen molar-refractivity contribution in [1.29, 1.82) is 0 Å². The smallest absolute Gasteiger partial charge is 0.345 e. The fourth-order valence-corrected chi connectivity index (χ4v) is 4.69. The van der Waals surface area contributed by atoms with Crippen LogP contribution in [0, 0.1) is 6.92 Å². The van der Waals surface area contributed by atoms with Gasteiger partial charge < -0.3 is 5.11 Å². The molecule has 0 aliphatic rings. The van der Waals surface area contributed by atoms with Crippen LogP contribution in [0.5, 0.6) is 0 Å². The molecule has 1 aromatic carbocycles. The van der Waals surface area contributed by atoms with Crippen LogP contribution >= 0.6 is 11.3 Å². The van der Waals surface area contributed by atoms with Gasteiger partial charge in [-0.15, -0.1) is 11.3 Å². The second kappa shape index (κ2) is 5.76. The molecule has 0 bridgehead atoms. The summed E-state index contributed by atoms with van der Waals surface area (Å²) in [7, 11) is -3.31. The van der Waals surface area contributed by atoms with Gasteiger partial charge in [0.1, 0.15) is 4.88 Å². The largest absolute Gasteiger partial charge is 0.477 e. The van der Waals surface area contributed by atoms with Crippen LogP contribution < -0.4 is 0 Å². The third kappa shape index (κ3) is 3.68. The van der Waals surface area contributed by atoms with E-state index in [9.17, 15) is 13.2 Å². The number of carbonyl (C=O) groups is 1. The normalized spacial score (nSPS) is 11.4. The average molecular weight is 310 g/mol. The molecule has 2 aromatic rings. The van der Waals surface area contributed by atoms with Gasteiger partial charge in [-0.3, -0.25) is 0 Å². The molecule has 1 aromatic heterocycles. The van der Waals surface area contributed by atoms with E-state index in [1.165, 1.54) is 6.07 Å². The minimum absolute atomic E-state index is 0.0278. The van der Waals surface area contributed by atoms with E-state index in [0.29, 0.717) is 4.88 Å². The molecule has 0 amide bonds. The fourth-order valence-electron chi connectivity index (χ4n) is 1.85. The van der Waals surface area contributed by atoms with Crippen LogP contribution in [-0.2, 0) is 21.3 Å². The van der Waals surface area contributed by atoms with Crippen molar-refractivity contribution in [3.8, 4) is 0 Å². The molecule has 0 aliphatic heterocycles. The molecule has 0 unspecified atom stereocenters. The topological polar surface area (TPSA) is 71.4 Å². The highest BCUT2D eigenvalue weighted by molar-refractivity contribution is 7.90. The first-order chi connectivity index (χ1) is 9.37. The first-order valence-corrected chi connectivity index (χ1v) is 8.58. The quantitative estimate of drug-likeness (QED) is 0.921. The monoisotopic (exact) mass is 310 g/mol. The van der Waals surface area contributed by atoms with E-state index < -0.39 is 15.8 Å². The van der Waals surface area contributed by atoms with Crippen molar-refractivity contribution in [2.45, 2.75) is 18.4 Å². The van der Waals surface area contributed by atoms with Crippen LogP contribution in [0.25, 0.3) is 0 Å². The Bertz CT molecular complexity index is 729. The minimum atomic E-state index is -3.31. The Labute approximate surface area is 121 Å². The van der Waals surface area contributed by atoms with Crippen molar-refractivity contribution >= 4 is 27.1 Å². The maximum absolute atomic E-state index is 12.2. The molecule has 0 radical (unpaired) electrons.